The van der Waals surface area contributed by atoms with Crippen LogP contribution in [-0.2, 0) is 14.3 Å². The molecule has 1 atom stereocenters. The van der Waals surface area contributed by atoms with E-state index in [4.69, 9.17) is 0 Å². The van der Waals surface area contributed by atoms with Crippen LogP contribution in [0.1, 0.15) is 18.4 Å². The quantitative estimate of drug-likeness (QED) is 0.630. The normalized spacial score (nSPS) is 11.6. The Kier molecular flexibility index (Phi) is 4.11. The highest BCUT2D eigenvalue weighted by atomic mass is 16.5. The van der Waals surface area contributed by atoms with Gasteiger partial charge in [0.05, 0.1) is 12.7 Å². The lowest BCUT2D eigenvalue weighted by Crippen LogP contribution is -2.23. The fourth-order valence-corrected chi connectivity index (χ4v) is 2.09. The van der Waals surface area contributed by atoms with Crippen LogP contribution in [0.25, 0.3) is 10.8 Å². The van der Waals surface area contributed by atoms with Crippen LogP contribution >= 0.6 is 0 Å². The molecule has 4 nitrogen and oxygen atoms in total. The molecule has 0 spiro atoms. The number of nitriles is 1. The molecule has 0 heterocycles. The number of ketones is 1. The van der Waals surface area contributed by atoms with Crippen molar-refractivity contribution in [2.75, 3.05) is 6.61 Å². The van der Waals surface area contributed by atoms with Gasteiger partial charge in [-0.15, -0.1) is 0 Å². The summed E-state index contributed by atoms with van der Waals surface area (Å²) in [5.41, 5.74) is 0.531. The molecule has 2 aromatic rings. The summed E-state index contributed by atoms with van der Waals surface area (Å²) in [7, 11) is 0. The van der Waals surface area contributed by atoms with Crippen LogP contribution in [0, 0.1) is 11.3 Å². The highest BCUT2D eigenvalue weighted by Crippen LogP contribution is 2.26. The van der Waals surface area contributed by atoms with Crippen molar-refractivity contribution in [3.8, 4) is 6.07 Å². The zero-order valence-electron chi connectivity index (χ0n) is 11.0. The molecule has 0 aliphatic rings. The van der Waals surface area contributed by atoms with E-state index in [0.717, 1.165) is 10.8 Å². The first-order valence-corrected chi connectivity index (χ1v) is 6.27. The molecule has 0 fully saturated rings. The number of ether oxygens (including phenoxy) is 1. The average Bonchev–Trinajstić information content (AvgIpc) is 2.48. The van der Waals surface area contributed by atoms with Gasteiger partial charge in [0.2, 0.25) is 0 Å². The summed E-state index contributed by atoms with van der Waals surface area (Å²) in [6, 6.07) is 14.7. The van der Waals surface area contributed by atoms with Gasteiger partial charge < -0.3 is 4.74 Å². The summed E-state index contributed by atoms with van der Waals surface area (Å²) in [5.74, 6) is -2.93. The number of carbonyl (C=O) groups is 2. The number of rotatable bonds is 4. The van der Waals surface area contributed by atoms with Crippen molar-refractivity contribution in [2.45, 2.75) is 12.8 Å². The van der Waals surface area contributed by atoms with E-state index < -0.39 is 17.7 Å². The minimum atomic E-state index is -1.14. The standard InChI is InChI=1S/C16H13NO3/c1-2-20-16(19)15(18)14(10-17)13-9-5-7-11-6-3-4-8-12(11)13/h3-9,14H,2H2,1H3/t14-/m1/s1. The first kappa shape index (κ1) is 13.8. The Morgan fingerprint density at radius 1 is 1.20 bits per heavy atom. The van der Waals surface area contributed by atoms with Crippen LogP contribution in [0.5, 0.6) is 0 Å². The third-order valence-corrected chi connectivity index (χ3v) is 3.00. The molecule has 0 saturated heterocycles. The van der Waals surface area contributed by atoms with Crippen LogP contribution < -0.4 is 0 Å². The highest BCUT2D eigenvalue weighted by Gasteiger charge is 2.29. The highest BCUT2D eigenvalue weighted by molar-refractivity contribution is 6.36. The second kappa shape index (κ2) is 5.98. The van der Waals surface area contributed by atoms with E-state index in [1.807, 2.05) is 36.4 Å². The Hall–Kier alpha value is -2.67. The van der Waals surface area contributed by atoms with Gasteiger partial charge in [-0.1, -0.05) is 42.5 Å². The Labute approximate surface area is 116 Å². The summed E-state index contributed by atoms with van der Waals surface area (Å²) in [6.07, 6.45) is 0. The zero-order chi connectivity index (χ0) is 14.5. The van der Waals surface area contributed by atoms with E-state index in [9.17, 15) is 14.9 Å². The number of hydrogen-bond acceptors (Lipinski definition) is 4. The Morgan fingerprint density at radius 2 is 1.90 bits per heavy atom. The summed E-state index contributed by atoms with van der Waals surface area (Å²) in [4.78, 5) is 23.5. The van der Waals surface area contributed by atoms with Crippen LogP contribution in [0.4, 0.5) is 0 Å². The molecule has 0 saturated carbocycles. The predicted molar refractivity (Wildman–Crippen MR) is 73.9 cm³/mol. The molecule has 100 valence electrons. The Bertz CT molecular complexity index is 695. The summed E-state index contributed by atoms with van der Waals surface area (Å²) >= 11 is 0. The van der Waals surface area contributed by atoms with Gasteiger partial charge in [0.1, 0.15) is 5.92 Å². The molecule has 0 N–H and O–H groups in total. The molecule has 0 unspecified atom stereocenters. The third kappa shape index (κ3) is 2.52. The monoisotopic (exact) mass is 267 g/mol. The fourth-order valence-electron chi connectivity index (χ4n) is 2.09. The van der Waals surface area contributed by atoms with Crippen LogP contribution in [-0.4, -0.2) is 18.4 Å². The van der Waals surface area contributed by atoms with E-state index >= 15 is 0 Å². The van der Waals surface area contributed by atoms with Crippen LogP contribution in [0.3, 0.4) is 0 Å². The second-order valence-corrected chi connectivity index (χ2v) is 4.22. The summed E-state index contributed by atoms with van der Waals surface area (Å²) in [5, 5.41) is 11.0. The molecule has 0 aliphatic carbocycles. The number of nitrogens with zero attached hydrogens (tertiary/aromatic N) is 1. The van der Waals surface area contributed by atoms with E-state index in [-0.39, 0.29) is 6.61 Å². The predicted octanol–water partition coefficient (Wildman–Crippen LogP) is 2.58. The second-order valence-electron chi connectivity index (χ2n) is 4.22. The average molecular weight is 267 g/mol. The number of benzene rings is 2. The van der Waals surface area contributed by atoms with E-state index in [2.05, 4.69) is 4.74 Å². The first-order valence-electron chi connectivity index (χ1n) is 6.27. The van der Waals surface area contributed by atoms with Crippen molar-refractivity contribution < 1.29 is 14.3 Å². The van der Waals surface area contributed by atoms with E-state index in [0.29, 0.717) is 5.56 Å². The van der Waals surface area contributed by atoms with E-state index in [1.54, 1.807) is 19.1 Å². The van der Waals surface area contributed by atoms with Gasteiger partial charge >= 0.3 is 5.97 Å². The van der Waals surface area contributed by atoms with Crippen molar-refractivity contribution >= 4 is 22.5 Å². The molecule has 4 heteroatoms. The maximum absolute atomic E-state index is 12.0. The van der Waals surface area contributed by atoms with Crippen LogP contribution in [0.2, 0.25) is 0 Å². The molecule has 0 bridgehead atoms. The van der Waals surface area contributed by atoms with Gasteiger partial charge in [-0.25, -0.2) is 4.79 Å². The summed E-state index contributed by atoms with van der Waals surface area (Å²) in [6.45, 7) is 1.72. The largest absolute Gasteiger partial charge is 0.460 e. The van der Waals surface area contributed by atoms with Crippen molar-refractivity contribution in [3.05, 3.63) is 48.0 Å². The molecule has 0 radical (unpaired) electrons. The molecule has 0 amide bonds. The molecule has 0 aliphatic heterocycles. The third-order valence-electron chi connectivity index (χ3n) is 3.00. The Balaban J connectivity index is 2.48. The Morgan fingerprint density at radius 3 is 2.60 bits per heavy atom. The number of fused-ring (bicyclic) bond motifs is 1. The lowest BCUT2D eigenvalue weighted by molar-refractivity contribution is -0.153. The molecule has 20 heavy (non-hydrogen) atoms. The first-order chi connectivity index (χ1) is 9.69. The minimum absolute atomic E-state index is 0.109. The van der Waals surface area contributed by atoms with Crippen LogP contribution in [0.15, 0.2) is 42.5 Å². The fraction of sp³-hybridized carbons (Fsp3) is 0.188. The van der Waals surface area contributed by atoms with E-state index in [1.165, 1.54) is 0 Å². The smallest absolute Gasteiger partial charge is 0.376 e. The van der Waals surface area contributed by atoms with Crippen molar-refractivity contribution in [3.63, 3.8) is 0 Å². The molecular weight excluding hydrogens is 254 g/mol. The maximum atomic E-state index is 12.0. The summed E-state index contributed by atoms with van der Waals surface area (Å²) < 4.78 is 4.68. The lowest BCUT2D eigenvalue weighted by Gasteiger charge is -2.10. The van der Waals surface area contributed by atoms with Gasteiger partial charge in [-0.05, 0) is 23.3 Å². The zero-order valence-corrected chi connectivity index (χ0v) is 11.0. The van der Waals surface area contributed by atoms with Gasteiger partial charge in [0, 0.05) is 0 Å². The molecule has 2 aromatic carbocycles. The molecule has 0 aromatic heterocycles. The van der Waals surface area contributed by atoms with Crippen molar-refractivity contribution in [2.24, 2.45) is 0 Å². The van der Waals surface area contributed by atoms with Gasteiger partial charge in [-0.3, -0.25) is 4.79 Å². The van der Waals surface area contributed by atoms with Gasteiger partial charge in [0.15, 0.2) is 0 Å². The van der Waals surface area contributed by atoms with Crippen molar-refractivity contribution in [1.82, 2.24) is 0 Å². The molecular formula is C16H13NO3. The van der Waals surface area contributed by atoms with Gasteiger partial charge in [0.25, 0.3) is 5.78 Å². The number of carbonyl (C=O) groups excluding carboxylic acids is 2. The lowest BCUT2D eigenvalue weighted by atomic mass is 9.91. The number of hydrogen-bond donors (Lipinski definition) is 0. The van der Waals surface area contributed by atoms with Gasteiger partial charge in [-0.2, -0.15) is 5.26 Å². The SMILES string of the molecule is CCOC(=O)C(=O)[C@H](C#N)c1cccc2ccccc12. The van der Waals surface area contributed by atoms with Crippen molar-refractivity contribution in [1.29, 1.82) is 5.26 Å². The minimum Gasteiger partial charge on any atom is -0.460 e. The number of esters is 1. The topological polar surface area (TPSA) is 67.2 Å². The molecule has 2 rings (SSSR count). The maximum Gasteiger partial charge on any atom is 0.376 e. The number of Topliss-reactive ketones (excluding diaryl/α,β-unsaturated/α-hetero) is 1.